The summed E-state index contributed by atoms with van der Waals surface area (Å²) in [5, 5.41) is 2.63. The minimum Gasteiger partial charge on any atom is -0.493 e. The van der Waals surface area contributed by atoms with Crippen LogP contribution in [-0.4, -0.2) is 38.2 Å². The second kappa shape index (κ2) is 9.50. The lowest BCUT2D eigenvalue weighted by molar-refractivity contribution is -0.143. The van der Waals surface area contributed by atoms with Gasteiger partial charge >= 0.3 is 5.97 Å². The zero-order valence-corrected chi connectivity index (χ0v) is 13.9. The van der Waals surface area contributed by atoms with E-state index in [9.17, 15) is 9.59 Å². The van der Waals surface area contributed by atoms with Crippen LogP contribution in [0.5, 0.6) is 11.5 Å². The first-order chi connectivity index (χ1) is 11.0. The molecule has 0 aliphatic heterocycles. The largest absolute Gasteiger partial charge is 0.493 e. The van der Waals surface area contributed by atoms with Crippen LogP contribution in [0.2, 0.25) is 0 Å². The van der Waals surface area contributed by atoms with Gasteiger partial charge in [0.05, 0.1) is 13.7 Å². The van der Waals surface area contributed by atoms with Gasteiger partial charge < -0.3 is 19.5 Å². The third kappa shape index (κ3) is 6.86. The number of nitrogens with one attached hydrogen (secondary N) is 1. The number of hydrogen-bond acceptors (Lipinski definition) is 5. The van der Waals surface area contributed by atoms with Crippen LogP contribution in [0.1, 0.15) is 26.3 Å². The SMILES string of the molecule is CCOc1ccc(/C=C/C(=O)OCC(=O)NC(C)C)cc1OC. The Morgan fingerprint density at radius 2 is 2.00 bits per heavy atom. The van der Waals surface area contributed by atoms with Gasteiger partial charge in [-0.05, 0) is 44.5 Å². The summed E-state index contributed by atoms with van der Waals surface area (Å²) in [6.45, 7) is 5.79. The lowest BCUT2D eigenvalue weighted by Crippen LogP contribution is -2.33. The first kappa shape index (κ1) is 18.5. The Morgan fingerprint density at radius 3 is 2.61 bits per heavy atom. The normalized spacial score (nSPS) is 10.7. The van der Waals surface area contributed by atoms with Gasteiger partial charge in [0, 0.05) is 12.1 Å². The summed E-state index contributed by atoms with van der Waals surface area (Å²) in [6, 6.07) is 5.32. The maximum atomic E-state index is 11.6. The van der Waals surface area contributed by atoms with Gasteiger partial charge in [-0.2, -0.15) is 0 Å². The molecule has 0 saturated carbocycles. The third-order valence-electron chi connectivity index (χ3n) is 2.69. The summed E-state index contributed by atoms with van der Waals surface area (Å²) < 4.78 is 15.5. The van der Waals surface area contributed by atoms with Gasteiger partial charge in [-0.3, -0.25) is 4.79 Å². The fraction of sp³-hybridized carbons (Fsp3) is 0.412. The smallest absolute Gasteiger partial charge is 0.331 e. The first-order valence-electron chi connectivity index (χ1n) is 7.41. The number of methoxy groups -OCH3 is 1. The van der Waals surface area contributed by atoms with E-state index in [1.165, 1.54) is 6.08 Å². The van der Waals surface area contributed by atoms with Crippen LogP contribution in [-0.2, 0) is 14.3 Å². The number of ether oxygens (including phenoxy) is 3. The molecule has 1 rings (SSSR count). The van der Waals surface area contributed by atoms with Crippen molar-refractivity contribution in [2.75, 3.05) is 20.3 Å². The molecular weight excluding hydrogens is 298 g/mol. The van der Waals surface area contributed by atoms with Gasteiger partial charge in [-0.15, -0.1) is 0 Å². The van der Waals surface area contributed by atoms with Gasteiger partial charge in [0.1, 0.15) is 0 Å². The highest BCUT2D eigenvalue weighted by Gasteiger charge is 2.07. The van der Waals surface area contributed by atoms with Crippen molar-refractivity contribution in [1.29, 1.82) is 0 Å². The van der Waals surface area contributed by atoms with Crippen LogP contribution in [0.25, 0.3) is 6.08 Å². The Kier molecular flexibility index (Phi) is 7.66. The van der Waals surface area contributed by atoms with E-state index in [1.807, 2.05) is 20.8 Å². The van der Waals surface area contributed by atoms with E-state index in [0.29, 0.717) is 18.1 Å². The zero-order chi connectivity index (χ0) is 17.2. The number of hydrogen-bond donors (Lipinski definition) is 1. The average molecular weight is 321 g/mol. The fourth-order valence-corrected chi connectivity index (χ4v) is 1.78. The number of esters is 1. The summed E-state index contributed by atoms with van der Waals surface area (Å²) in [4.78, 5) is 23.0. The van der Waals surface area contributed by atoms with Crippen LogP contribution in [0.4, 0.5) is 0 Å². The number of carbonyl (C=O) groups is 2. The van der Waals surface area contributed by atoms with Gasteiger partial charge in [0.2, 0.25) is 0 Å². The van der Waals surface area contributed by atoms with Crippen molar-refractivity contribution in [3.05, 3.63) is 29.8 Å². The average Bonchev–Trinajstić information content (AvgIpc) is 2.51. The van der Waals surface area contributed by atoms with E-state index < -0.39 is 5.97 Å². The van der Waals surface area contributed by atoms with Gasteiger partial charge in [-0.1, -0.05) is 6.07 Å². The van der Waals surface area contributed by atoms with Crippen molar-refractivity contribution in [3.8, 4) is 11.5 Å². The molecule has 0 radical (unpaired) electrons. The number of carbonyl (C=O) groups excluding carboxylic acids is 2. The Labute approximate surface area is 136 Å². The second-order valence-corrected chi connectivity index (χ2v) is 5.01. The summed E-state index contributed by atoms with van der Waals surface area (Å²) in [6.07, 6.45) is 2.85. The number of rotatable bonds is 8. The molecule has 1 aromatic carbocycles. The van der Waals surface area contributed by atoms with Crippen molar-refractivity contribution in [2.24, 2.45) is 0 Å². The lowest BCUT2D eigenvalue weighted by Gasteiger charge is -2.09. The van der Waals surface area contributed by atoms with Crippen molar-refractivity contribution in [3.63, 3.8) is 0 Å². The molecule has 0 unspecified atom stereocenters. The molecule has 23 heavy (non-hydrogen) atoms. The van der Waals surface area contributed by atoms with Crippen LogP contribution in [0, 0.1) is 0 Å². The summed E-state index contributed by atoms with van der Waals surface area (Å²) in [7, 11) is 1.55. The zero-order valence-electron chi connectivity index (χ0n) is 13.9. The Balaban J connectivity index is 2.59. The van der Waals surface area contributed by atoms with Crippen molar-refractivity contribution < 1.29 is 23.8 Å². The quantitative estimate of drug-likeness (QED) is 0.587. The standard InChI is InChI=1S/C17H23NO5/c1-5-22-14-8-6-13(10-15(14)21-4)7-9-17(20)23-11-16(19)18-12(2)3/h6-10,12H,5,11H2,1-4H3,(H,18,19)/b9-7+. The maximum absolute atomic E-state index is 11.6. The predicted octanol–water partition coefficient (Wildman–Crippen LogP) is 2.17. The van der Waals surface area contributed by atoms with Crippen molar-refractivity contribution in [2.45, 2.75) is 26.8 Å². The minimum atomic E-state index is -0.586. The lowest BCUT2D eigenvalue weighted by atomic mass is 10.2. The molecule has 0 heterocycles. The molecule has 0 aliphatic carbocycles. The molecule has 126 valence electrons. The van der Waals surface area contributed by atoms with E-state index in [-0.39, 0.29) is 18.6 Å². The monoisotopic (exact) mass is 321 g/mol. The minimum absolute atomic E-state index is 0.00747. The Bertz CT molecular complexity index is 566. The van der Waals surface area contributed by atoms with Crippen LogP contribution >= 0.6 is 0 Å². The van der Waals surface area contributed by atoms with E-state index in [1.54, 1.807) is 31.4 Å². The molecule has 1 amide bonds. The van der Waals surface area contributed by atoms with Gasteiger partial charge in [0.15, 0.2) is 18.1 Å². The van der Waals surface area contributed by atoms with Crippen LogP contribution < -0.4 is 14.8 Å². The summed E-state index contributed by atoms with van der Waals surface area (Å²) in [5.74, 6) is 0.306. The molecule has 0 spiro atoms. The second-order valence-electron chi connectivity index (χ2n) is 5.01. The number of amides is 1. The topological polar surface area (TPSA) is 73.9 Å². The van der Waals surface area contributed by atoms with E-state index in [0.717, 1.165) is 5.56 Å². The molecule has 0 aromatic heterocycles. The molecule has 6 heteroatoms. The summed E-state index contributed by atoms with van der Waals surface area (Å²) >= 11 is 0. The molecule has 0 atom stereocenters. The molecule has 1 N–H and O–H groups in total. The van der Waals surface area contributed by atoms with Crippen LogP contribution in [0.15, 0.2) is 24.3 Å². The third-order valence-corrected chi connectivity index (χ3v) is 2.69. The maximum Gasteiger partial charge on any atom is 0.331 e. The van der Waals surface area contributed by atoms with E-state index >= 15 is 0 Å². The highest BCUT2D eigenvalue weighted by molar-refractivity contribution is 5.89. The van der Waals surface area contributed by atoms with E-state index in [4.69, 9.17) is 14.2 Å². The molecule has 0 aliphatic rings. The summed E-state index contributed by atoms with van der Waals surface area (Å²) in [5.41, 5.74) is 0.758. The molecule has 0 saturated heterocycles. The highest BCUT2D eigenvalue weighted by atomic mass is 16.5. The highest BCUT2D eigenvalue weighted by Crippen LogP contribution is 2.28. The number of benzene rings is 1. The Hall–Kier alpha value is -2.50. The van der Waals surface area contributed by atoms with Crippen molar-refractivity contribution >= 4 is 18.0 Å². The van der Waals surface area contributed by atoms with Gasteiger partial charge in [-0.25, -0.2) is 4.79 Å². The Morgan fingerprint density at radius 1 is 1.26 bits per heavy atom. The van der Waals surface area contributed by atoms with Gasteiger partial charge in [0.25, 0.3) is 5.91 Å². The molecular formula is C17H23NO5. The van der Waals surface area contributed by atoms with Crippen molar-refractivity contribution in [1.82, 2.24) is 5.32 Å². The van der Waals surface area contributed by atoms with E-state index in [2.05, 4.69) is 5.32 Å². The molecule has 6 nitrogen and oxygen atoms in total. The molecule has 1 aromatic rings. The molecule has 0 bridgehead atoms. The predicted molar refractivity (Wildman–Crippen MR) is 87.4 cm³/mol. The molecule has 0 fully saturated rings. The first-order valence-corrected chi connectivity index (χ1v) is 7.41. The van der Waals surface area contributed by atoms with Crippen LogP contribution in [0.3, 0.4) is 0 Å². The fourth-order valence-electron chi connectivity index (χ4n) is 1.78.